The van der Waals surface area contributed by atoms with Gasteiger partial charge in [0.25, 0.3) is 5.91 Å². The molecule has 2 aromatic carbocycles. The Hall–Kier alpha value is -2.97. The summed E-state index contributed by atoms with van der Waals surface area (Å²) in [6.45, 7) is 0.978. The second kappa shape index (κ2) is 8.41. The molecular weight excluding hydrogens is 402 g/mol. The number of rotatable bonds is 5. The van der Waals surface area contributed by atoms with Gasteiger partial charge >= 0.3 is 0 Å². The van der Waals surface area contributed by atoms with Crippen molar-refractivity contribution in [1.82, 2.24) is 9.29 Å². The third kappa shape index (κ3) is 4.01. The van der Waals surface area contributed by atoms with Gasteiger partial charge in [-0.3, -0.25) is 4.79 Å². The number of methoxy groups -OCH3 is 1. The lowest BCUT2D eigenvalue weighted by Gasteiger charge is -2.26. The van der Waals surface area contributed by atoms with Crippen molar-refractivity contribution >= 4 is 32.5 Å². The van der Waals surface area contributed by atoms with Crippen molar-refractivity contribution in [2.75, 3.05) is 25.5 Å². The van der Waals surface area contributed by atoms with Crippen LogP contribution in [0.15, 0.2) is 59.5 Å². The number of pyridine rings is 1. The summed E-state index contributed by atoms with van der Waals surface area (Å²) in [6.07, 6.45) is 2.70. The van der Waals surface area contributed by atoms with Crippen LogP contribution in [0.1, 0.15) is 29.8 Å². The number of amides is 1. The zero-order valence-electron chi connectivity index (χ0n) is 16.7. The number of para-hydroxylation sites is 1. The van der Waals surface area contributed by atoms with Crippen LogP contribution in [0.5, 0.6) is 5.75 Å². The molecule has 8 heteroatoms. The molecule has 0 unspecified atom stereocenters. The SMILES string of the molecule is COc1ccc(NC(=O)c2ccc3ccccc3n2)cc1S(=O)(=O)N1CCCCC1. The number of hydrogen-bond acceptors (Lipinski definition) is 5. The molecular formula is C22H23N3O4S. The van der Waals surface area contributed by atoms with Crippen molar-refractivity contribution in [3.05, 3.63) is 60.3 Å². The minimum absolute atomic E-state index is 0.0520. The average molecular weight is 426 g/mol. The molecule has 4 rings (SSSR count). The summed E-state index contributed by atoms with van der Waals surface area (Å²) in [7, 11) is -2.28. The van der Waals surface area contributed by atoms with Crippen LogP contribution in [0.2, 0.25) is 0 Å². The highest BCUT2D eigenvalue weighted by molar-refractivity contribution is 7.89. The molecule has 1 N–H and O–H groups in total. The summed E-state index contributed by atoms with van der Waals surface area (Å²) < 4.78 is 33.0. The van der Waals surface area contributed by atoms with Gasteiger partial charge in [0.05, 0.1) is 12.6 Å². The second-order valence-electron chi connectivity index (χ2n) is 7.17. The van der Waals surface area contributed by atoms with Crippen LogP contribution in [0.25, 0.3) is 10.9 Å². The summed E-state index contributed by atoms with van der Waals surface area (Å²) in [6, 6.07) is 15.6. The third-order valence-corrected chi connectivity index (χ3v) is 7.11. The van der Waals surface area contributed by atoms with E-state index < -0.39 is 15.9 Å². The third-order valence-electron chi connectivity index (χ3n) is 5.19. The zero-order valence-corrected chi connectivity index (χ0v) is 17.5. The Kier molecular flexibility index (Phi) is 5.69. The highest BCUT2D eigenvalue weighted by atomic mass is 32.2. The maximum absolute atomic E-state index is 13.1. The number of piperidine rings is 1. The quantitative estimate of drug-likeness (QED) is 0.674. The van der Waals surface area contributed by atoms with Crippen LogP contribution in [0, 0.1) is 0 Å². The van der Waals surface area contributed by atoms with E-state index in [0.29, 0.717) is 24.3 Å². The van der Waals surface area contributed by atoms with Crippen molar-refractivity contribution in [1.29, 1.82) is 0 Å². The maximum atomic E-state index is 13.1. The van der Waals surface area contributed by atoms with Gasteiger partial charge < -0.3 is 10.1 Å². The number of fused-ring (bicyclic) bond motifs is 1. The molecule has 1 aliphatic heterocycles. The molecule has 1 aliphatic rings. The number of benzene rings is 2. The normalized spacial score (nSPS) is 15.1. The summed E-state index contributed by atoms with van der Waals surface area (Å²) in [5.41, 5.74) is 1.34. The standard InChI is InChI=1S/C22H23N3O4S/c1-29-20-12-10-17(15-21(20)30(27,28)25-13-5-2-6-14-25)23-22(26)19-11-9-16-7-3-4-8-18(16)24-19/h3-4,7-12,15H,2,5-6,13-14H2,1H3,(H,23,26). The topological polar surface area (TPSA) is 88.6 Å². The average Bonchev–Trinajstić information content (AvgIpc) is 2.79. The first kappa shape index (κ1) is 20.3. The van der Waals surface area contributed by atoms with Crippen molar-refractivity contribution in [3.8, 4) is 5.75 Å². The minimum Gasteiger partial charge on any atom is -0.495 e. The van der Waals surface area contributed by atoms with Crippen LogP contribution < -0.4 is 10.1 Å². The smallest absolute Gasteiger partial charge is 0.274 e. The largest absolute Gasteiger partial charge is 0.495 e. The van der Waals surface area contributed by atoms with Crippen LogP contribution in [-0.2, 0) is 10.0 Å². The molecule has 1 saturated heterocycles. The Bertz CT molecular complexity index is 1190. The van der Waals surface area contributed by atoms with Crippen molar-refractivity contribution in [2.45, 2.75) is 24.2 Å². The summed E-state index contributed by atoms with van der Waals surface area (Å²) in [5, 5.41) is 3.69. The Morgan fingerprint density at radius 3 is 2.57 bits per heavy atom. The number of nitrogens with zero attached hydrogens (tertiary/aromatic N) is 2. The molecule has 156 valence electrons. The van der Waals surface area contributed by atoms with Gasteiger partial charge in [-0.1, -0.05) is 30.7 Å². The molecule has 0 atom stereocenters. The van der Waals surface area contributed by atoms with E-state index in [-0.39, 0.29) is 16.3 Å². The van der Waals surface area contributed by atoms with Crippen molar-refractivity contribution < 1.29 is 17.9 Å². The van der Waals surface area contributed by atoms with E-state index in [4.69, 9.17) is 4.74 Å². The monoisotopic (exact) mass is 425 g/mol. The fraction of sp³-hybridized carbons (Fsp3) is 0.273. The number of ether oxygens (including phenoxy) is 1. The Balaban J connectivity index is 1.62. The summed E-state index contributed by atoms with van der Waals surface area (Å²) in [4.78, 5) is 17.1. The first-order chi connectivity index (χ1) is 14.5. The van der Waals surface area contributed by atoms with Gasteiger partial charge in [0, 0.05) is 24.2 Å². The highest BCUT2D eigenvalue weighted by Gasteiger charge is 2.29. The molecule has 7 nitrogen and oxygen atoms in total. The Morgan fingerprint density at radius 2 is 1.80 bits per heavy atom. The number of hydrogen-bond donors (Lipinski definition) is 1. The minimum atomic E-state index is -3.72. The predicted octanol–water partition coefficient (Wildman–Crippen LogP) is 3.67. The molecule has 30 heavy (non-hydrogen) atoms. The maximum Gasteiger partial charge on any atom is 0.274 e. The number of nitrogens with one attached hydrogen (secondary N) is 1. The zero-order chi connectivity index (χ0) is 21.1. The number of carbonyl (C=O) groups is 1. The van der Waals surface area contributed by atoms with E-state index in [1.165, 1.54) is 17.5 Å². The van der Waals surface area contributed by atoms with Gasteiger partial charge in [0.1, 0.15) is 16.3 Å². The summed E-state index contributed by atoms with van der Waals surface area (Å²) >= 11 is 0. The van der Waals surface area contributed by atoms with Gasteiger partial charge in [-0.05, 0) is 43.2 Å². The van der Waals surface area contributed by atoms with Gasteiger partial charge in [-0.15, -0.1) is 0 Å². The van der Waals surface area contributed by atoms with Gasteiger partial charge in [0.2, 0.25) is 10.0 Å². The molecule has 0 radical (unpaired) electrons. The van der Waals surface area contributed by atoms with E-state index >= 15 is 0 Å². The lowest BCUT2D eigenvalue weighted by molar-refractivity contribution is 0.102. The Labute approximate surface area is 175 Å². The fourth-order valence-corrected chi connectivity index (χ4v) is 5.29. The first-order valence-electron chi connectivity index (χ1n) is 9.84. The molecule has 1 aromatic heterocycles. The molecule has 0 saturated carbocycles. The summed E-state index contributed by atoms with van der Waals surface area (Å²) in [5.74, 6) is -0.158. The lowest BCUT2D eigenvalue weighted by Crippen LogP contribution is -2.35. The number of anilines is 1. The highest BCUT2D eigenvalue weighted by Crippen LogP contribution is 2.31. The number of sulfonamides is 1. The van der Waals surface area contributed by atoms with E-state index in [1.54, 1.807) is 18.2 Å². The van der Waals surface area contributed by atoms with E-state index in [0.717, 1.165) is 24.6 Å². The van der Waals surface area contributed by atoms with Gasteiger partial charge in [-0.2, -0.15) is 4.31 Å². The van der Waals surface area contributed by atoms with E-state index in [2.05, 4.69) is 10.3 Å². The van der Waals surface area contributed by atoms with Crippen LogP contribution in [0.3, 0.4) is 0 Å². The fourth-order valence-electron chi connectivity index (χ4n) is 3.59. The lowest BCUT2D eigenvalue weighted by atomic mass is 10.2. The predicted molar refractivity (Wildman–Crippen MR) is 115 cm³/mol. The molecule has 1 fully saturated rings. The van der Waals surface area contributed by atoms with Crippen LogP contribution >= 0.6 is 0 Å². The molecule has 0 bridgehead atoms. The van der Waals surface area contributed by atoms with Gasteiger partial charge in [0.15, 0.2) is 0 Å². The molecule has 2 heterocycles. The van der Waals surface area contributed by atoms with E-state index in [1.807, 2.05) is 30.3 Å². The molecule has 3 aromatic rings. The van der Waals surface area contributed by atoms with Crippen molar-refractivity contribution in [3.63, 3.8) is 0 Å². The number of carbonyl (C=O) groups excluding carboxylic acids is 1. The molecule has 1 amide bonds. The second-order valence-corrected chi connectivity index (χ2v) is 9.08. The molecule has 0 aliphatic carbocycles. The van der Waals surface area contributed by atoms with Gasteiger partial charge in [-0.25, -0.2) is 13.4 Å². The van der Waals surface area contributed by atoms with Crippen LogP contribution in [-0.4, -0.2) is 43.8 Å². The molecule has 0 spiro atoms. The number of aromatic nitrogens is 1. The Morgan fingerprint density at radius 1 is 1.03 bits per heavy atom. The van der Waals surface area contributed by atoms with Crippen LogP contribution in [0.4, 0.5) is 5.69 Å². The first-order valence-corrected chi connectivity index (χ1v) is 11.3. The van der Waals surface area contributed by atoms with E-state index in [9.17, 15) is 13.2 Å². The van der Waals surface area contributed by atoms with Crippen molar-refractivity contribution in [2.24, 2.45) is 0 Å².